The van der Waals surface area contributed by atoms with Gasteiger partial charge < -0.3 is 5.11 Å². The lowest BCUT2D eigenvalue weighted by atomic mass is 10.2. The van der Waals surface area contributed by atoms with E-state index in [0.717, 1.165) is 12.0 Å². The van der Waals surface area contributed by atoms with Crippen LogP contribution in [0.25, 0.3) is 0 Å². The highest BCUT2D eigenvalue weighted by atomic mass is 32.2. The van der Waals surface area contributed by atoms with Crippen molar-refractivity contribution >= 4 is 17.5 Å². The molecule has 1 heterocycles. The molecule has 2 rings (SSSR count). The number of phenolic OH excluding ortho intramolecular Hbond substituents is 1. The van der Waals surface area contributed by atoms with Crippen LogP contribution in [0.15, 0.2) is 29.3 Å². The summed E-state index contributed by atoms with van der Waals surface area (Å²) in [5, 5.41) is 10.3. The molecule has 0 aliphatic carbocycles. The van der Waals surface area contributed by atoms with Crippen LogP contribution in [0.1, 0.15) is 31.2 Å². The molecular formula is C12H15NOS. The van der Waals surface area contributed by atoms with Crippen molar-refractivity contribution in [3.05, 3.63) is 29.8 Å². The van der Waals surface area contributed by atoms with Gasteiger partial charge in [-0.25, -0.2) is 0 Å². The molecule has 0 saturated carbocycles. The molecule has 0 amide bonds. The number of thioether (sulfide) groups is 1. The zero-order valence-corrected chi connectivity index (χ0v) is 9.79. The lowest BCUT2D eigenvalue weighted by Crippen LogP contribution is -2.05. The van der Waals surface area contributed by atoms with Gasteiger partial charge in [0.2, 0.25) is 0 Å². The topological polar surface area (TPSA) is 32.6 Å². The normalized spacial score (nSPS) is 25.3. The van der Waals surface area contributed by atoms with Crippen LogP contribution in [0.5, 0.6) is 5.75 Å². The van der Waals surface area contributed by atoms with E-state index in [9.17, 15) is 5.11 Å². The van der Waals surface area contributed by atoms with Gasteiger partial charge in [0, 0.05) is 16.5 Å². The summed E-state index contributed by atoms with van der Waals surface area (Å²) < 4.78 is 0. The number of benzene rings is 1. The molecule has 1 aliphatic heterocycles. The molecule has 80 valence electrons. The van der Waals surface area contributed by atoms with E-state index in [-0.39, 0.29) is 5.37 Å². The predicted octanol–water partition coefficient (Wildman–Crippen LogP) is 3.38. The Labute approximate surface area is 94.4 Å². The first-order chi connectivity index (χ1) is 7.22. The third-order valence-corrected chi connectivity index (χ3v) is 3.95. The van der Waals surface area contributed by atoms with Gasteiger partial charge in [0.15, 0.2) is 0 Å². The van der Waals surface area contributed by atoms with E-state index in [1.807, 2.05) is 18.2 Å². The third kappa shape index (κ3) is 2.02. The molecule has 15 heavy (non-hydrogen) atoms. The Kier molecular flexibility index (Phi) is 3.00. The summed E-state index contributed by atoms with van der Waals surface area (Å²) in [7, 11) is 0. The van der Waals surface area contributed by atoms with Gasteiger partial charge in [0.25, 0.3) is 0 Å². The van der Waals surface area contributed by atoms with Crippen molar-refractivity contribution in [1.82, 2.24) is 0 Å². The molecular weight excluding hydrogens is 206 g/mol. The average molecular weight is 221 g/mol. The second kappa shape index (κ2) is 4.27. The SMILES string of the molecule is CCC1=NC(c2ccccc2O)SC1C. The average Bonchev–Trinajstić information content (AvgIpc) is 2.60. The van der Waals surface area contributed by atoms with Crippen molar-refractivity contribution < 1.29 is 5.11 Å². The smallest absolute Gasteiger partial charge is 0.124 e. The van der Waals surface area contributed by atoms with Crippen molar-refractivity contribution in [2.24, 2.45) is 4.99 Å². The summed E-state index contributed by atoms with van der Waals surface area (Å²) in [6, 6.07) is 7.45. The number of hydrogen-bond donors (Lipinski definition) is 1. The summed E-state index contributed by atoms with van der Waals surface area (Å²) >= 11 is 1.80. The van der Waals surface area contributed by atoms with Gasteiger partial charge in [-0.2, -0.15) is 0 Å². The number of phenols is 1. The zero-order chi connectivity index (χ0) is 10.8. The van der Waals surface area contributed by atoms with Gasteiger partial charge in [-0.15, -0.1) is 11.8 Å². The van der Waals surface area contributed by atoms with E-state index in [2.05, 4.69) is 18.8 Å². The summed E-state index contributed by atoms with van der Waals surface area (Å²) in [5.74, 6) is 0.350. The van der Waals surface area contributed by atoms with Crippen molar-refractivity contribution in [3.8, 4) is 5.75 Å². The van der Waals surface area contributed by atoms with Crippen LogP contribution in [-0.4, -0.2) is 16.1 Å². The molecule has 0 fully saturated rings. The zero-order valence-electron chi connectivity index (χ0n) is 8.97. The minimum atomic E-state index is 0.0798. The number of aromatic hydroxyl groups is 1. The molecule has 0 saturated heterocycles. The standard InChI is InChI=1S/C12H15NOS/c1-3-10-8(2)15-12(13-10)9-6-4-5-7-11(9)14/h4-8,12,14H,3H2,1-2H3. The minimum Gasteiger partial charge on any atom is -0.508 e. The fourth-order valence-corrected chi connectivity index (χ4v) is 3.09. The quantitative estimate of drug-likeness (QED) is 0.830. The van der Waals surface area contributed by atoms with Crippen molar-refractivity contribution in [3.63, 3.8) is 0 Å². The number of aliphatic imine (C=N–C) groups is 1. The first kappa shape index (κ1) is 10.6. The number of hydrogen-bond acceptors (Lipinski definition) is 3. The number of nitrogens with zero attached hydrogens (tertiary/aromatic N) is 1. The van der Waals surface area contributed by atoms with Crippen molar-refractivity contribution in [2.45, 2.75) is 30.9 Å². The first-order valence-electron chi connectivity index (χ1n) is 5.22. The van der Waals surface area contributed by atoms with Gasteiger partial charge in [-0.3, -0.25) is 4.99 Å². The highest BCUT2D eigenvalue weighted by Gasteiger charge is 2.26. The summed E-state index contributed by atoms with van der Waals surface area (Å²) in [4.78, 5) is 4.64. The molecule has 2 nitrogen and oxygen atoms in total. The highest BCUT2D eigenvalue weighted by molar-refractivity contribution is 8.01. The minimum absolute atomic E-state index is 0.0798. The molecule has 0 radical (unpaired) electrons. The molecule has 3 heteroatoms. The van der Waals surface area contributed by atoms with E-state index in [0.29, 0.717) is 11.0 Å². The lowest BCUT2D eigenvalue weighted by molar-refractivity contribution is 0.468. The Morgan fingerprint density at radius 1 is 1.40 bits per heavy atom. The molecule has 1 N–H and O–H groups in total. The molecule has 1 aromatic rings. The van der Waals surface area contributed by atoms with E-state index in [4.69, 9.17) is 0 Å². The van der Waals surface area contributed by atoms with Crippen LogP contribution in [0.4, 0.5) is 0 Å². The van der Waals surface area contributed by atoms with Gasteiger partial charge in [0.1, 0.15) is 11.1 Å². The first-order valence-corrected chi connectivity index (χ1v) is 6.16. The second-order valence-corrected chi connectivity index (χ2v) is 5.09. The molecule has 1 aliphatic rings. The fraction of sp³-hybridized carbons (Fsp3) is 0.417. The summed E-state index contributed by atoms with van der Waals surface area (Å²) in [6.07, 6.45) is 0.998. The Morgan fingerprint density at radius 3 is 2.73 bits per heavy atom. The van der Waals surface area contributed by atoms with E-state index in [1.165, 1.54) is 5.71 Å². The second-order valence-electron chi connectivity index (χ2n) is 3.66. The Bertz CT molecular complexity index is 389. The van der Waals surface area contributed by atoms with E-state index in [1.54, 1.807) is 17.8 Å². The monoisotopic (exact) mass is 221 g/mol. The van der Waals surface area contributed by atoms with Crippen LogP contribution in [0, 0.1) is 0 Å². The van der Waals surface area contributed by atoms with Crippen LogP contribution in [-0.2, 0) is 0 Å². The number of rotatable bonds is 2. The molecule has 2 atom stereocenters. The molecule has 2 unspecified atom stereocenters. The Hall–Kier alpha value is -0.960. The van der Waals surface area contributed by atoms with Crippen LogP contribution < -0.4 is 0 Å². The van der Waals surface area contributed by atoms with Crippen LogP contribution >= 0.6 is 11.8 Å². The maximum Gasteiger partial charge on any atom is 0.124 e. The van der Waals surface area contributed by atoms with E-state index < -0.39 is 0 Å². The third-order valence-electron chi connectivity index (χ3n) is 2.65. The molecule has 0 aromatic heterocycles. The predicted molar refractivity (Wildman–Crippen MR) is 65.6 cm³/mol. The lowest BCUT2D eigenvalue weighted by Gasteiger charge is -2.09. The summed E-state index contributed by atoms with van der Waals surface area (Å²) in [5.41, 5.74) is 2.17. The van der Waals surface area contributed by atoms with Crippen LogP contribution in [0.2, 0.25) is 0 Å². The maximum atomic E-state index is 9.73. The Morgan fingerprint density at radius 2 is 2.13 bits per heavy atom. The van der Waals surface area contributed by atoms with Gasteiger partial charge in [0.05, 0.1) is 0 Å². The van der Waals surface area contributed by atoms with Gasteiger partial charge in [-0.05, 0) is 19.4 Å². The van der Waals surface area contributed by atoms with Gasteiger partial charge >= 0.3 is 0 Å². The van der Waals surface area contributed by atoms with Crippen molar-refractivity contribution in [2.75, 3.05) is 0 Å². The number of para-hydroxylation sites is 1. The maximum absolute atomic E-state index is 9.73. The molecule has 1 aromatic carbocycles. The highest BCUT2D eigenvalue weighted by Crippen LogP contribution is 2.43. The molecule has 0 bridgehead atoms. The Balaban J connectivity index is 2.28. The molecule has 0 spiro atoms. The summed E-state index contributed by atoms with van der Waals surface area (Å²) in [6.45, 7) is 4.30. The van der Waals surface area contributed by atoms with E-state index >= 15 is 0 Å². The largest absolute Gasteiger partial charge is 0.508 e. The van der Waals surface area contributed by atoms with Crippen LogP contribution in [0.3, 0.4) is 0 Å². The fourth-order valence-electron chi connectivity index (χ4n) is 1.78. The van der Waals surface area contributed by atoms with Crippen molar-refractivity contribution in [1.29, 1.82) is 0 Å². The van der Waals surface area contributed by atoms with Gasteiger partial charge in [-0.1, -0.05) is 25.1 Å².